The maximum Gasteiger partial charge on any atom is 0.336 e. The third kappa shape index (κ3) is 2.49. The molecule has 2 rings (SSSR count). The molecule has 0 saturated carbocycles. The van der Waals surface area contributed by atoms with Crippen LogP contribution in [0.3, 0.4) is 0 Å². The maximum atomic E-state index is 11.2. The lowest BCUT2D eigenvalue weighted by Gasteiger charge is -2.07. The van der Waals surface area contributed by atoms with E-state index in [1.165, 1.54) is 6.07 Å². The molecule has 90 valence electrons. The number of rotatable bonds is 4. The highest BCUT2D eigenvalue weighted by Gasteiger charge is 2.09. The van der Waals surface area contributed by atoms with Crippen LogP contribution in [0.1, 0.15) is 31.7 Å². The van der Waals surface area contributed by atoms with E-state index in [9.17, 15) is 9.90 Å². The lowest BCUT2D eigenvalue weighted by molar-refractivity contribution is 0.463. The summed E-state index contributed by atoms with van der Waals surface area (Å²) in [5.41, 5.74) is 0.891. The first-order chi connectivity index (χ1) is 8.22. The molecule has 0 aliphatic carbocycles. The van der Waals surface area contributed by atoms with E-state index in [2.05, 4.69) is 6.92 Å². The summed E-state index contributed by atoms with van der Waals surface area (Å²) in [7, 11) is 0. The van der Waals surface area contributed by atoms with Gasteiger partial charge >= 0.3 is 5.63 Å². The second-order valence-corrected chi connectivity index (χ2v) is 4.19. The molecule has 3 heteroatoms. The smallest absolute Gasteiger partial charge is 0.336 e. The molecule has 0 radical (unpaired) electrons. The standard InChI is InChI=1S/C14H16O3/c1-2-3-4-5-11-12(15)8-6-10-7-9-13(16)17-14(10)11/h6-9,15H,2-5H2,1H3. The van der Waals surface area contributed by atoms with Crippen molar-refractivity contribution in [3.63, 3.8) is 0 Å². The highest BCUT2D eigenvalue weighted by molar-refractivity contribution is 5.81. The van der Waals surface area contributed by atoms with E-state index >= 15 is 0 Å². The average molecular weight is 232 g/mol. The van der Waals surface area contributed by atoms with Gasteiger partial charge in [-0.1, -0.05) is 19.8 Å². The van der Waals surface area contributed by atoms with Gasteiger partial charge in [0.1, 0.15) is 11.3 Å². The molecule has 3 nitrogen and oxygen atoms in total. The molecule has 0 amide bonds. The predicted octanol–water partition coefficient (Wildman–Crippen LogP) is 3.23. The van der Waals surface area contributed by atoms with E-state index in [0.29, 0.717) is 5.58 Å². The van der Waals surface area contributed by atoms with Crippen LogP contribution in [0.25, 0.3) is 11.0 Å². The van der Waals surface area contributed by atoms with Crippen molar-refractivity contribution >= 4 is 11.0 Å². The average Bonchev–Trinajstić information content (AvgIpc) is 2.32. The fraction of sp³-hybridized carbons (Fsp3) is 0.357. The summed E-state index contributed by atoms with van der Waals surface area (Å²) in [6, 6.07) is 6.54. The number of unbranched alkanes of at least 4 members (excludes halogenated alkanes) is 2. The number of hydrogen-bond acceptors (Lipinski definition) is 3. The van der Waals surface area contributed by atoms with Crippen molar-refractivity contribution in [2.24, 2.45) is 0 Å². The first kappa shape index (κ1) is 11.7. The van der Waals surface area contributed by atoms with Gasteiger partial charge in [0.25, 0.3) is 0 Å². The van der Waals surface area contributed by atoms with E-state index in [1.807, 2.05) is 0 Å². The Morgan fingerprint density at radius 3 is 2.71 bits per heavy atom. The van der Waals surface area contributed by atoms with Gasteiger partial charge < -0.3 is 9.52 Å². The van der Waals surface area contributed by atoms with Crippen LogP contribution >= 0.6 is 0 Å². The van der Waals surface area contributed by atoms with Gasteiger partial charge in [-0.25, -0.2) is 4.79 Å². The molecular formula is C14H16O3. The Bertz CT molecular complexity index is 569. The van der Waals surface area contributed by atoms with Crippen LogP contribution < -0.4 is 5.63 Å². The summed E-state index contributed by atoms with van der Waals surface area (Å²) < 4.78 is 5.19. The van der Waals surface area contributed by atoms with Crippen molar-refractivity contribution in [3.8, 4) is 5.75 Å². The van der Waals surface area contributed by atoms with E-state index < -0.39 is 0 Å². The van der Waals surface area contributed by atoms with Gasteiger partial charge in [-0.2, -0.15) is 0 Å². The zero-order chi connectivity index (χ0) is 12.3. The van der Waals surface area contributed by atoms with Gasteiger partial charge in [0.05, 0.1) is 0 Å². The number of benzene rings is 1. The minimum Gasteiger partial charge on any atom is -0.508 e. The molecule has 1 aromatic heterocycles. The molecule has 0 spiro atoms. The molecule has 0 saturated heterocycles. The Kier molecular flexibility index (Phi) is 3.47. The van der Waals surface area contributed by atoms with Gasteiger partial charge in [-0.05, 0) is 31.0 Å². The van der Waals surface area contributed by atoms with E-state index in [0.717, 1.165) is 36.6 Å². The maximum absolute atomic E-state index is 11.2. The molecule has 0 unspecified atom stereocenters. The summed E-state index contributed by atoms with van der Waals surface area (Å²) in [5, 5.41) is 10.7. The second-order valence-electron chi connectivity index (χ2n) is 4.19. The summed E-state index contributed by atoms with van der Waals surface area (Å²) in [4.78, 5) is 11.2. The third-order valence-electron chi connectivity index (χ3n) is 2.90. The fourth-order valence-electron chi connectivity index (χ4n) is 1.97. The summed E-state index contributed by atoms with van der Waals surface area (Å²) in [6.45, 7) is 2.13. The highest BCUT2D eigenvalue weighted by atomic mass is 16.4. The number of phenolic OH excluding ortho intramolecular Hbond substituents is 1. The van der Waals surface area contributed by atoms with Gasteiger partial charge in [-0.3, -0.25) is 0 Å². The SMILES string of the molecule is CCCCCc1c(O)ccc2ccc(=O)oc12. The van der Waals surface area contributed by atoms with Crippen molar-refractivity contribution in [1.82, 2.24) is 0 Å². The Morgan fingerprint density at radius 2 is 1.94 bits per heavy atom. The largest absolute Gasteiger partial charge is 0.508 e. The van der Waals surface area contributed by atoms with Crippen LogP contribution in [0.4, 0.5) is 0 Å². The molecule has 0 aliphatic rings. The topological polar surface area (TPSA) is 50.4 Å². The van der Waals surface area contributed by atoms with Crippen LogP contribution in [0, 0.1) is 0 Å². The summed E-state index contributed by atoms with van der Waals surface area (Å²) in [6.07, 6.45) is 3.95. The summed E-state index contributed by atoms with van der Waals surface area (Å²) >= 11 is 0. The third-order valence-corrected chi connectivity index (χ3v) is 2.90. The highest BCUT2D eigenvalue weighted by Crippen LogP contribution is 2.27. The van der Waals surface area contributed by atoms with Gasteiger partial charge in [0.15, 0.2) is 0 Å². The normalized spacial score (nSPS) is 10.9. The van der Waals surface area contributed by atoms with Crippen LogP contribution in [-0.2, 0) is 6.42 Å². The van der Waals surface area contributed by atoms with Crippen LogP contribution in [-0.4, -0.2) is 5.11 Å². The molecule has 2 aromatic rings. The fourth-order valence-corrected chi connectivity index (χ4v) is 1.97. The lowest BCUT2D eigenvalue weighted by Crippen LogP contribution is -1.97. The number of phenols is 1. The van der Waals surface area contributed by atoms with Gasteiger partial charge in [-0.15, -0.1) is 0 Å². The second kappa shape index (κ2) is 5.04. The van der Waals surface area contributed by atoms with E-state index in [1.54, 1.807) is 18.2 Å². The van der Waals surface area contributed by atoms with Crippen molar-refractivity contribution in [2.75, 3.05) is 0 Å². The molecule has 0 atom stereocenters. The Labute approximate surface area is 99.7 Å². The number of hydrogen-bond donors (Lipinski definition) is 1. The quantitative estimate of drug-likeness (QED) is 0.650. The van der Waals surface area contributed by atoms with Crippen LogP contribution in [0.5, 0.6) is 5.75 Å². The molecule has 0 aliphatic heterocycles. The number of aromatic hydroxyl groups is 1. The molecular weight excluding hydrogens is 216 g/mol. The van der Waals surface area contributed by atoms with Crippen molar-refractivity contribution in [1.29, 1.82) is 0 Å². The zero-order valence-corrected chi connectivity index (χ0v) is 9.90. The van der Waals surface area contributed by atoms with E-state index in [4.69, 9.17) is 4.42 Å². The molecule has 1 heterocycles. The number of aryl methyl sites for hydroxylation is 1. The Hall–Kier alpha value is -1.77. The van der Waals surface area contributed by atoms with Crippen molar-refractivity contribution in [3.05, 3.63) is 40.2 Å². The van der Waals surface area contributed by atoms with Crippen LogP contribution in [0.2, 0.25) is 0 Å². The monoisotopic (exact) mass is 232 g/mol. The predicted molar refractivity (Wildman–Crippen MR) is 67.4 cm³/mol. The van der Waals surface area contributed by atoms with Crippen molar-refractivity contribution in [2.45, 2.75) is 32.6 Å². The summed E-state index contributed by atoms with van der Waals surface area (Å²) in [5.74, 6) is 0.211. The lowest BCUT2D eigenvalue weighted by atomic mass is 10.0. The first-order valence-electron chi connectivity index (χ1n) is 5.97. The van der Waals surface area contributed by atoms with Gasteiger partial charge in [0.2, 0.25) is 0 Å². The minimum absolute atomic E-state index is 0.211. The number of fused-ring (bicyclic) bond motifs is 1. The molecule has 17 heavy (non-hydrogen) atoms. The van der Waals surface area contributed by atoms with Crippen molar-refractivity contribution < 1.29 is 9.52 Å². The van der Waals surface area contributed by atoms with E-state index in [-0.39, 0.29) is 11.4 Å². The zero-order valence-electron chi connectivity index (χ0n) is 9.90. The molecule has 1 N–H and O–H groups in total. The molecule has 0 fully saturated rings. The Morgan fingerprint density at radius 1 is 1.18 bits per heavy atom. The Balaban J connectivity index is 2.46. The van der Waals surface area contributed by atoms with Crippen LogP contribution in [0.15, 0.2) is 33.5 Å². The molecule has 1 aromatic carbocycles. The first-order valence-corrected chi connectivity index (χ1v) is 5.97. The molecule has 0 bridgehead atoms. The minimum atomic E-state index is -0.375. The van der Waals surface area contributed by atoms with Gasteiger partial charge in [0, 0.05) is 17.0 Å².